The molecule has 0 saturated heterocycles. The van der Waals surface area contributed by atoms with Gasteiger partial charge in [-0.2, -0.15) is 5.10 Å². The molecule has 2 aromatic rings. The lowest BCUT2D eigenvalue weighted by Crippen LogP contribution is -2.07. The quantitative estimate of drug-likeness (QED) is 0.797. The smallest absolute Gasteiger partial charge is 0.337 e. The summed E-state index contributed by atoms with van der Waals surface area (Å²) in [7, 11) is 1.37. The monoisotopic (exact) mass is 303 g/mol. The second-order valence-corrected chi connectivity index (χ2v) is 5.02. The Bertz CT molecular complexity index is 665. The number of nitrogens with one attached hydrogen (secondary N) is 1. The molecule has 6 nitrogen and oxygen atoms in total. The Morgan fingerprint density at radius 1 is 1.41 bits per heavy atom. The van der Waals surface area contributed by atoms with Crippen LogP contribution in [0.5, 0.6) is 0 Å². The third kappa shape index (κ3) is 3.46. The van der Waals surface area contributed by atoms with Crippen molar-refractivity contribution in [2.24, 2.45) is 0 Å². The van der Waals surface area contributed by atoms with E-state index < -0.39 is 0 Å². The number of hydrogen-bond acceptors (Lipinski definition) is 5. The van der Waals surface area contributed by atoms with E-state index in [1.807, 2.05) is 26.0 Å². The van der Waals surface area contributed by atoms with E-state index in [2.05, 4.69) is 10.4 Å². The zero-order chi connectivity index (χ0) is 16.1. The predicted octanol–water partition coefficient (Wildman–Crippen LogP) is 1.89. The Balaban J connectivity index is 2.12. The first kappa shape index (κ1) is 16.0. The Morgan fingerprint density at radius 2 is 2.18 bits per heavy atom. The van der Waals surface area contributed by atoms with Crippen LogP contribution in [-0.2, 0) is 17.8 Å². The van der Waals surface area contributed by atoms with Crippen molar-refractivity contribution >= 4 is 11.7 Å². The van der Waals surface area contributed by atoms with Crippen LogP contribution in [0.1, 0.15) is 27.3 Å². The highest BCUT2D eigenvalue weighted by Crippen LogP contribution is 2.17. The van der Waals surface area contributed by atoms with Gasteiger partial charge in [-0.1, -0.05) is 6.07 Å². The van der Waals surface area contributed by atoms with Crippen molar-refractivity contribution in [3.8, 4) is 0 Å². The molecule has 22 heavy (non-hydrogen) atoms. The minimum Gasteiger partial charge on any atom is -0.465 e. The fourth-order valence-corrected chi connectivity index (χ4v) is 2.37. The zero-order valence-corrected chi connectivity index (χ0v) is 13.1. The summed E-state index contributed by atoms with van der Waals surface area (Å²) >= 11 is 0. The van der Waals surface area contributed by atoms with Gasteiger partial charge in [-0.3, -0.25) is 4.68 Å². The molecule has 0 amide bonds. The van der Waals surface area contributed by atoms with E-state index >= 15 is 0 Å². The molecule has 6 heteroatoms. The third-order valence-electron chi connectivity index (χ3n) is 3.60. The highest BCUT2D eigenvalue weighted by atomic mass is 16.5. The van der Waals surface area contributed by atoms with Gasteiger partial charge in [-0.15, -0.1) is 0 Å². The molecule has 2 rings (SSSR count). The molecule has 1 heterocycles. The first-order chi connectivity index (χ1) is 10.6. The van der Waals surface area contributed by atoms with Gasteiger partial charge in [-0.05, 0) is 32.0 Å². The minimum absolute atomic E-state index is 0.0655. The summed E-state index contributed by atoms with van der Waals surface area (Å²) in [5, 5.41) is 16.7. The summed E-state index contributed by atoms with van der Waals surface area (Å²) in [5.41, 5.74) is 4.41. The average Bonchev–Trinajstić information content (AvgIpc) is 2.79. The molecule has 0 atom stereocenters. The van der Waals surface area contributed by atoms with Crippen molar-refractivity contribution in [2.45, 2.75) is 26.9 Å². The fraction of sp³-hybridized carbons (Fsp3) is 0.375. The van der Waals surface area contributed by atoms with E-state index in [0.29, 0.717) is 18.7 Å². The van der Waals surface area contributed by atoms with Crippen molar-refractivity contribution in [2.75, 3.05) is 19.0 Å². The third-order valence-corrected chi connectivity index (χ3v) is 3.60. The Kier molecular flexibility index (Phi) is 5.16. The number of aromatic nitrogens is 2. The van der Waals surface area contributed by atoms with Crippen LogP contribution in [0.2, 0.25) is 0 Å². The Labute approximate surface area is 129 Å². The number of nitrogens with zero attached hydrogens (tertiary/aromatic N) is 2. The van der Waals surface area contributed by atoms with E-state index in [9.17, 15) is 4.79 Å². The topological polar surface area (TPSA) is 76.4 Å². The largest absolute Gasteiger partial charge is 0.465 e. The summed E-state index contributed by atoms with van der Waals surface area (Å²) < 4.78 is 6.52. The van der Waals surface area contributed by atoms with Gasteiger partial charge in [0.1, 0.15) is 0 Å². The number of anilines is 1. The maximum absolute atomic E-state index is 11.5. The number of rotatable bonds is 6. The number of hydrogen-bond donors (Lipinski definition) is 2. The molecular weight excluding hydrogens is 282 g/mol. The lowest BCUT2D eigenvalue weighted by molar-refractivity contribution is 0.0601. The number of benzene rings is 1. The molecule has 0 fully saturated rings. The molecule has 0 aliphatic heterocycles. The molecule has 0 aliphatic rings. The van der Waals surface area contributed by atoms with Gasteiger partial charge in [-0.25, -0.2) is 4.79 Å². The lowest BCUT2D eigenvalue weighted by Gasteiger charge is -2.09. The van der Waals surface area contributed by atoms with Crippen LogP contribution < -0.4 is 5.32 Å². The molecule has 0 unspecified atom stereocenters. The molecule has 2 N–H and O–H groups in total. The normalized spacial score (nSPS) is 10.5. The minimum atomic E-state index is -0.355. The van der Waals surface area contributed by atoms with Gasteiger partial charge in [0.05, 0.1) is 31.5 Å². The van der Waals surface area contributed by atoms with E-state index in [0.717, 1.165) is 22.6 Å². The van der Waals surface area contributed by atoms with Crippen LogP contribution >= 0.6 is 0 Å². The van der Waals surface area contributed by atoms with E-state index in [4.69, 9.17) is 9.84 Å². The van der Waals surface area contributed by atoms with E-state index in [1.54, 1.807) is 16.8 Å². The molecule has 0 radical (unpaired) electrons. The van der Waals surface area contributed by atoms with E-state index in [-0.39, 0.29) is 12.6 Å². The summed E-state index contributed by atoms with van der Waals surface area (Å²) in [6.45, 7) is 5.09. The van der Waals surface area contributed by atoms with Gasteiger partial charge < -0.3 is 15.2 Å². The summed E-state index contributed by atoms with van der Waals surface area (Å²) in [6.07, 6.45) is 0. The van der Waals surface area contributed by atoms with Crippen LogP contribution in [0.4, 0.5) is 5.69 Å². The van der Waals surface area contributed by atoms with Crippen molar-refractivity contribution in [1.29, 1.82) is 0 Å². The van der Waals surface area contributed by atoms with Crippen molar-refractivity contribution in [1.82, 2.24) is 9.78 Å². The molecular formula is C16H21N3O3. The highest BCUT2D eigenvalue weighted by molar-refractivity contribution is 5.90. The molecule has 0 saturated carbocycles. The number of esters is 1. The van der Waals surface area contributed by atoms with Gasteiger partial charge in [0, 0.05) is 23.5 Å². The number of methoxy groups -OCH3 is 1. The van der Waals surface area contributed by atoms with Gasteiger partial charge in [0.15, 0.2) is 0 Å². The molecule has 1 aromatic carbocycles. The Hall–Kier alpha value is -2.34. The SMILES string of the molecule is COC(=O)c1cccc(NCc2c(C)nn(CCO)c2C)c1. The van der Waals surface area contributed by atoms with Gasteiger partial charge in [0.25, 0.3) is 0 Å². The van der Waals surface area contributed by atoms with Crippen LogP contribution in [0.3, 0.4) is 0 Å². The summed E-state index contributed by atoms with van der Waals surface area (Å²) in [6, 6.07) is 7.18. The zero-order valence-electron chi connectivity index (χ0n) is 13.1. The predicted molar refractivity (Wildman–Crippen MR) is 83.9 cm³/mol. The van der Waals surface area contributed by atoms with Crippen LogP contribution in [0.15, 0.2) is 24.3 Å². The number of aryl methyl sites for hydroxylation is 1. The fourth-order valence-electron chi connectivity index (χ4n) is 2.37. The second-order valence-electron chi connectivity index (χ2n) is 5.02. The summed E-state index contributed by atoms with van der Waals surface area (Å²) in [4.78, 5) is 11.5. The van der Waals surface area contributed by atoms with Crippen LogP contribution in [-0.4, -0.2) is 34.6 Å². The summed E-state index contributed by atoms with van der Waals surface area (Å²) in [5.74, 6) is -0.355. The maximum Gasteiger partial charge on any atom is 0.337 e. The average molecular weight is 303 g/mol. The molecule has 0 spiro atoms. The molecule has 0 bridgehead atoms. The lowest BCUT2D eigenvalue weighted by atomic mass is 10.1. The van der Waals surface area contributed by atoms with Crippen molar-refractivity contribution in [3.63, 3.8) is 0 Å². The maximum atomic E-state index is 11.5. The van der Waals surface area contributed by atoms with E-state index in [1.165, 1.54) is 7.11 Å². The number of aliphatic hydroxyl groups excluding tert-OH is 1. The number of carbonyl (C=O) groups excluding carboxylic acids is 1. The first-order valence-electron chi connectivity index (χ1n) is 7.12. The highest BCUT2D eigenvalue weighted by Gasteiger charge is 2.11. The standard InChI is InChI=1S/C16H21N3O3/c1-11-15(12(2)19(18-11)7-8-20)10-17-14-6-4-5-13(9-14)16(21)22-3/h4-6,9,17,20H,7-8,10H2,1-3H3. The molecule has 1 aromatic heterocycles. The van der Waals surface area contributed by atoms with Crippen LogP contribution in [0, 0.1) is 13.8 Å². The number of aliphatic hydroxyl groups is 1. The van der Waals surface area contributed by atoms with Gasteiger partial charge >= 0.3 is 5.97 Å². The molecule has 0 aliphatic carbocycles. The second kappa shape index (κ2) is 7.09. The van der Waals surface area contributed by atoms with Crippen LogP contribution in [0.25, 0.3) is 0 Å². The molecule has 118 valence electrons. The van der Waals surface area contributed by atoms with Crippen molar-refractivity contribution in [3.05, 3.63) is 46.8 Å². The number of ether oxygens (including phenoxy) is 1. The van der Waals surface area contributed by atoms with Gasteiger partial charge in [0.2, 0.25) is 0 Å². The van der Waals surface area contributed by atoms with Crippen molar-refractivity contribution < 1.29 is 14.6 Å². The Morgan fingerprint density at radius 3 is 2.86 bits per heavy atom. The first-order valence-corrected chi connectivity index (χ1v) is 7.12. The number of carbonyl (C=O) groups is 1.